The first-order valence-electron chi connectivity index (χ1n) is 9.47. The van der Waals surface area contributed by atoms with Crippen LogP contribution in [0.4, 0.5) is 0 Å². The Kier molecular flexibility index (Phi) is 8.68. The summed E-state index contributed by atoms with van der Waals surface area (Å²) < 4.78 is 11.5. The molecule has 0 bridgehead atoms. The molecular weight excluding hydrogens is 308 g/mol. The second-order valence-electron chi connectivity index (χ2n) is 6.37. The molecular formula is C23H30O2. The first-order chi connectivity index (χ1) is 12.3. The van der Waals surface area contributed by atoms with E-state index in [1.165, 1.54) is 50.5 Å². The van der Waals surface area contributed by atoms with Crippen LogP contribution in [0.1, 0.15) is 57.4 Å². The van der Waals surface area contributed by atoms with E-state index in [1.807, 2.05) is 42.5 Å². The number of hydrogen-bond acceptors (Lipinski definition) is 2. The largest absolute Gasteiger partial charge is 0.426 e. The van der Waals surface area contributed by atoms with Crippen molar-refractivity contribution in [1.29, 1.82) is 0 Å². The summed E-state index contributed by atoms with van der Waals surface area (Å²) in [7, 11) is 0. The minimum absolute atomic E-state index is 0.304. The maximum atomic E-state index is 5.84. The van der Waals surface area contributed by atoms with Crippen molar-refractivity contribution in [2.45, 2.75) is 58.3 Å². The molecule has 2 aromatic carbocycles. The van der Waals surface area contributed by atoms with Crippen molar-refractivity contribution in [2.24, 2.45) is 0 Å². The first-order valence-corrected chi connectivity index (χ1v) is 9.47. The summed E-state index contributed by atoms with van der Waals surface area (Å²) in [5.41, 5.74) is 1.22. The molecule has 2 aromatic rings. The van der Waals surface area contributed by atoms with Gasteiger partial charge in [-0.2, -0.15) is 0 Å². The van der Waals surface area contributed by atoms with Gasteiger partial charge in [0.25, 0.3) is 5.95 Å². The second kappa shape index (κ2) is 11.4. The summed E-state index contributed by atoms with van der Waals surface area (Å²) in [5, 5.41) is 0. The van der Waals surface area contributed by atoms with Crippen molar-refractivity contribution in [1.82, 2.24) is 0 Å². The van der Waals surface area contributed by atoms with Crippen LogP contribution >= 0.6 is 0 Å². The molecule has 2 rings (SSSR count). The Balaban J connectivity index is 1.78. The molecule has 2 nitrogen and oxygen atoms in total. The number of unbranched alkanes of at least 4 members (excludes halogenated alkanes) is 6. The quantitative estimate of drug-likeness (QED) is 0.309. The van der Waals surface area contributed by atoms with E-state index in [0.717, 1.165) is 17.9 Å². The zero-order valence-corrected chi connectivity index (χ0v) is 15.4. The van der Waals surface area contributed by atoms with Gasteiger partial charge in [0.15, 0.2) is 0 Å². The minimum Gasteiger partial charge on any atom is -0.426 e. The molecule has 0 amide bonds. The zero-order valence-electron chi connectivity index (χ0n) is 15.4. The van der Waals surface area contributed by atoms with Gasteiger partial charge < -0.3 is 9.47 Å². The smallest absolute Gasteiger partial charge is 0.282 e. The number of aryl methyl sites for hydroxylation is 1. The van der Waals surface area contributed by atoms with Gasteiger partial charge >= 0.3 is 0 Å². The number of benzene rings is 2. The third kappa shape index (κ3) is 7.47. The summed E-state index contributed by atoms with van der Waals surface area (Å²) in [4.78, 5) is 0. The van der Waals surface area contributed by atoms with Crippen LogP contribution in [-0.2, 0) is 6.42 Å². The van der Waals surface area contributed by atoms with Crippen molar-refractivity contribution >= 4 is 0 Å². The monoisotopic (exact) mass is 338 g/mol. The highest BCUT2D eigenvalue weighted by atomic mass is 16.7. The Bertz CT molecular complexity index is 619. The zero-order chi connectivity index (χ0) is 17.7. The Labute approximate surface area is 152 Å². The highest BCUT2D eigenvalue weighted by molar-refractivity contribution is 5.34. The molecule has 0 aliphatic rings. The normalized spacial score (nSPS) is 10.4. The molecule has 0 spiro atoms. The van der Waals surface area contributed by atoms with Gasteiger partial charge in [0.2, 0.25) is 0 Å². The fourth-order valence-electron chi connectivity index (χ4n) is 2.85. The van der Waals surface area contributed by atoms with Gasteiger partial charge in [-0.3, -0.25) is 0 Å². The first kappa shape index (κ1) is 19.1. The summed E-state index contributed by atoms with van der Waals surface area (Å²) in [5.74, 6) is 1.88. The van der Waals surface area contributed by atoms with Crippen LogP contribution in [0.15, 0.2) is 67.1 Å². The number of ether oxygens (including phenoxy) is 2. The van der Waals surface area contributed by atoms with Crippen molar-refractivity contribution < 1.29 is 9.47 Å². The van der Waals surface area contributed by atoms with Gasteiger partial charge in [-0.05, 0) is 43.2 Å². The third-order valence-corrected chi connectivity index (χ3v) is 4.22. The van der Waals surface area contributed by atoms with Gasteiger partial charge in [-0.25, -0.2) is 0 Å². The van der Waals surface area contributed by atoms with E-state index in [9.17, 15) is 0 Å². The molecule has 0 saturated carbocycles. The molecule has 0 saturated heterocycles. The van der Waals surface area contributed by atoms with Gasteiger partial charge in [-0.15, -0.1) is 0 Å². The number of para-hydroxylation sites is 2. The van der Waals surface area contributed by atoms with Crippen LogP contribution in [0.5, 0.6) is 11.5 Å². The lowest BCUT2D eigenvalue weighted by Crippen LogP contribution is -2.04. The minimum atomic E-state index is 0.304. The lowest BCUT2D eigenvalue weighted by molar-refractivity contribution is 0.227. The van der Waals surface area contributed by atoms with Crippen LogP contribution in [0, 0.1) is 0 Å². The Morgan fingerprint density at radius 2 is 1.40 bits per heavy atom. The highest BCUT2D eigenvalue weighted by Crippen LogP contribution is 2.23. The van der Waals surface area contributed by atoms with Crippen molar-refractivity contribution in [2.75, 3.05) is 0 Å². The lowest BCUT2D eigenvalue weighted by atomic mass is 10.0. The Morgan fingerprint density at radius 1 is 0.760 bits per heavy atom. The predicted octanol–water partition coefficient (Wildman–Crippen LogP) is 6.91. The second-order valence-corrected chi connectivity index (χ2v) is 6.37. The van der Waals surface area contributed by atoms with Crippen molar-refractivity contribution in [3.05, 3.63) is 72.7 Å². The summed E-state index contributed by atoms with van der Waals surface area (Å²) in [6.07, 6.45) is 10.2. The molecule has 0 aromatic heterocycles. The molecule has 0 N–H and O–H groups in total. The van der Waals surface area contributed by atoms with Gasteiger partial charge in [0.05, 0.1) is 0 Å². The number of rotatable bonds is 12. The summed E-state index contributed by atoms with van der Waals surface area (Å²) in [6.45, 7) is 6.14. The van der Waals surface area contributed by atoms with Crippen LogP contribution in [0.25, 0.3) is 0 Å². The van der Waals surface area contributed by atoms with Gasteiger partial charge in [0.1, 0.15) is 11.5 Å². The third-order valence-electron chi connectivity index (χ3n) is 4.22. The molecule has 25 heavy (non-hydrogen) atoms. The van der Waals surface area contributed by atoms with Crippen molar-refractivity contribution in [3.8, 4) is 11.5 Å². The van der Waals surface area contributed by atoms with E-state index in [0.29, 0.717) is 5.95 Å². The summed E-state index contributed by atoms with van der Waals surface area (Å²) in [6, 6.07) is 17.7. The van der Waals surface area contributed by atoms with E-state index in [2.05, 4.69) is 25.6 Å². The van der Waals surface area contributed by atoms with Crippen LogP contribution in [-0.4, -0.2) is 0 Å². The van der Waals surface area contributed by atoms with E-state index in [-0.39, 0.29) is 0 Å². The maximum Gasteiger partial charge on any atom is 0.282 e. The fraction of sp³-hybridized carbons (Fsp3) is 0.391. The molecule has 0 radical (unpaired) electrons. The molecule has 134 valence electrons. The predicted molar refractivity (Wildman–Crippen MR) is 105 cm³/mol. The van der Waals surface area contributed by atoms with Crippen LogP contribution in [0.2, 0.25) is 0 Å². The SMILES string of the molecule is C=C(Oc1ccccc1)Oc1ccccc1CCCCCCCCC. The molecule has 0 fully saturated rings. The molecule has 2 heteroatoms. The molecule has 0 aliphatic carbocycles. The average molecular weight is 338 g/mol. The molecule has 0 aliphatic heterocycles. The van der Waals surface area contributed by atoms with Crippen LogP contribution < -0.4 is 9.47 Å². The fourth-order valence-corrected chi connectivity index (χ4v) is 2.85. The Hall–Kier alpha value is -2.22. The lowest BCUT2D eigenvalue weighted by Gasteiger charge is -2.13. The van der Waals surface area contributed by atoms with E-state index >= 15 is 0 Å². The van der Waals surface area contributed by atoms with Gasteiger partial charge in [-0.1, -0.05) is 81.8 Å². The van der Waals surface area contributed by atoms with Gasteiger partial charge in [0, 0.05) is 0 Å². The summed E-state index contributed by atoms with van der Waals surface area (Å²) >= 11 is 0. The average Bonchev–Trinajstić information content (AvgIpc) is 2.63. The van der Waals surface area contributed by atoms with E-state index in [4.69, 9.17) is 9.47 Å². The van der Waals surface area contributed by atoms with Crippen molar-refractivity contribution in [3.63, 3.8) is 0 Å². The topological polar surface area (TPSA) is 18.5 Å². The van der Waals surface area contributed by atoms with E-state index in [1.54, 1.807) is 0 Å². The molecule has 0 atom stereocenters. The van der Waals surface area contributed by atoms with E-state index < -0.39 is 0 Å². The molecule has 0 heterocycles. The number of hydrogen-bond donors (Lipinski definition) is 0. The maximum absolute atomic E-state index is 5.84. The Morgan fingerprint density at radius 3 is 2.16 bits per heavy atom. The highest BCUT2D eigenvalue weighted by Gasteiger charge is 2.06. The van der Waals surface area contributed by atoms with Crippen LogP contribution in [0.3, 0.4) is 0 Å². The molecule has 0 unspecified atom stereocenters. The standard InChI is InChI=1S/C23H30O2/c1-3-4-5-6-7-8-10-15-21-16-13-14-19-23(21)25-20(2)24-22-17-11-9-12-18-22/h9,11-14,16-19H,2-8,10,15H2,1H3.